The van der Waals surface area contributed by atoms with Crippen molar-refractivity contribution in [2.75, 3.05) is 33.2 Å². The van der Waals surface area contributed by atoms with Crippen molar-refractivity contribution in [3.8, 4) is 22.8 Å². The molecule has 0 N–H and O–H groups in total. The van der Waals surface area contributed by atoms with Crippen molar-refractivity contribution in [1.29, 1.82) is 0 Å². The van der Waals surface area contributed by atoms with Crippen LogP contribution in [-0.2, 0) is 0 Å². The smallest absolute Gasteiger partial charge is 0.223 e. The number of benzene rings is 1. The van der Waals surface area contributed by atoms with Gasteiger partial charge in [-0.05, 0) is 29.8 Å². The predicted octanol–water partition coefficient (Wildman–Crippen LogP) is 3.43. The van der Waals surface area contributed by atoms with Crippen LogP contribution in [0.1, 0.15) is 0 Å². The monoisotopic (exact) mass is 344 g/mol. The van der Waals surface area contributed by atoms with Gasteiger partial charge >= 0.3 is 0 Å². The molecule has 0 saturated heterocycles. The Bertz CT molecular complexity index is 882. The van der Waals surface area contributed by atoms with Crippen molar-refractivity contribution in [3.05, 3.63) is 35.7 Å². The largest absolute Gasteiger partial charge is 0.493 e. The van der Waals surface area contributed by atoms with Crippen molar-refractivity contribution < 1.29 is 9.47 Å². The molecule has 7 heteroatoms. The first kappa shape index (κ1) is 16.3. The minimum atomic E-state index is 0.168. The predicted molar refractivity (Wildman–Crippen MR) is 95.2 cm³/mol. The Hall–Kier alpha value is -2.60. The van der Waals surface area contributed by atoms with E-state index >= 15 is 0 Å². The summed E-state index contributed by atoms with van der Waals surface area (Å²) in [6, 6.07) is 7.52. The lowest BCUT2D eigenvalue weighted by Crippen LogP contribution is -2.10. The highest BCUT2D eigenvalue weighted by Gasteiger charge is 2.14. The van der Waals surface area contributed by atoms with Crippen LogP contribution in [0.3, 0.4) is 0 Å². The molecule has 0 aliphatic rings. The van der Waals surface area contributed by atoms with Gasteiger partial charge in [0, 0.05) is 37.3 Å². The molecular weight excluding hydrogens is 328 g/mol. The molecule has 0 aliphatic carbocycles. The van der Waals surface area contributed by atoms with Crippen molar-refractivity contribution in [2.45, 2.75) is 0 Å². The van der Waals surface area contributed by atoms with E-state index in [2.05, 4.69) is 15.0 Å². The molecule has 0 radical (unpaired) electrons. The van der Waals surface area contributed by atoms with E-state index in [1.54, 1.807) is 26.5 Å². The number of anilines is 1. The molecule has 124 valence electrons. The molecule has 2 heterocycles. The van der Waals surface area contributed by atoms with E-state index in [0.29, 0.717) is 22.7 Å². The molecule has 0 spiro atoms. The summed E-state index contributed by atoms with van der Waals surface area (Å²) in [7, 11) is 7.05. The van der Waals surface area contributed by atoms with Gasteiger partial charge in [-0.1, -0.05) is 0 Å². The van der Waals surface area contributed by atoms with Crippen LogP contribution in [0.2, 0.25) is 5.28 Å². The van der Waals surface area contributed by atoms with Gasteiger partial charge in [-0.25, -0.2) is 15.0 Å². The van der Waals surface area contributed by atoms with Gasteiger partial charge < -0.3 is 14.4 Å². The molecule has 0 unspecified atom stereocenters. The Morgan fingerprint density at radius 2 is 1.71 bits per heavy atom. The second-order valence-corrected chi connectivity index (χ2v) is 5.70. The van der Waals surface area contributed by atoms with Crippen molar-refractivity contribution >= 4 is 28.3 Å². The van der Waals surface area contributed by atoms with Gasteiger partial charge in [0.25, 0.3) is 0 Å². The van der Waals surface area contributed by atoms with E-state index in [-0.39, 0.29) is 5.28 Å². The van der Waals surface area contributed by atoms with E-state index in [1.807, 2.05) is 37.2 Å². The summed E-state index contributed by atoms with van der Waals surface area (Å²) in [6.45, 7) is 0. The average molecular weight is 345 g/mol. The van der Waals surface area contributed by atoms with Crippen LogP contribution in [0.25, 0.3) is 22.2 Å². The van der Waals surface area contributed by atoms with Crippen LogP contribution in [0.4, 0.5) is 5.82 Å². The number of aromatic nitrogens is 3. The molecule has 0 bridgehead atoms. The van der Waals surface area contributed by atoms with Crippen LogP contribution in [0.15, 0.2) is 30.5 Å². The van der Waals surface area contributed by atoms with Gasteiger partial charge in [0.2, 0.25) is 5.28 Å². The van der Waals surface area contributed by atoms with Gasteiger partial charge in [-0.3, -0.25) is 0 Å². The highest BCUT2D eigenvalue weighted by atomic mass is 35.5. The number of ether oxygens (including phenoxy) is 2. The first-order valence-electron chi connectivity index (χ1n) is 7.26. The average Bonchev–Trinajstić information content (AvgIpc) is 2.59. The molecule has 24 heavy (non-hydrogen) atoms. The molecule has 3 aromatic rings. The number of halogens is 1. The lowest BCUT2D eigenvalue weighted by atomic mass is 10.1. The van der Waals surface area contributed by atoms with E-state index in [0.717, 1.165) is 16.8 Å². The van der Waals surface area contributed by atoms with Gasteiger partial charge in [-0.2, -0.15) is 0 Å². The first-order chi connectivity index (χ1) is 11.5. The van der Waals surface area contributed by atoms with Crippen molar-refractivity contribution in [1.82, 2.24) is 15.0 Å². The summed E-state index contributed by atoms with van der Waals surface area (Å²) >= 11 is 6.10. The Kier molecular flexibility index (Phi) is 4.40. The van der Waals surface area contributed by atoms with Crippen LogP contribution < -0.4 is 14.4 Å². The molecule has 2 aromatic heterocycles. The van der Waals surface area contributed by atoms with E-state index in [9.17, 15) is 0 Å². The third-order valence-electron chi connectivity index (χ3n) is 3.65. The van der Waals surface area contributed by atoms with Crippen molar-refractivity contribution in [2.24, 2.45) is 0 Å². The van der Waals surface area contributed by atoms with Gasteiger partial charge in [0.1, 0.15) is 5.82 Å². The maximum absolute atomic E-state index is 6.10. The fraction of sp³-hybridized carbons (Fsp3) is 0.235. The third-order valence-corrected chi connectivity index (χ3v) is 3.82. The lowest BCUT2D eigenvalue weighted by molar-refractivity contribution is 0.356. The Morgan fingerprint density at radius 1 is 1.00 bits per heavy atom. The summed E-state index contributed by atoms with van der Waals surface area (Å²) in [5.41, 5.74) is 2.23. The second-order valence-electron chi connectivity index (χ2n) is 5.37. The quantitative estimate of drug-likeness (QED) is 0.676. The fourth-order valence-corrected chi connectivity index (χ4v) is 2.61. The van der Waals surface area contributed by atoms with Gasteiger partial charge in [-0.15, -0.1) is 0 Å². The molecular formula is C17H17ClN4O2. The zero-order valence-corrected chi connectivity index (χ0v) is 14.6. The molecule has 1 aromatic carbocycles. The summed E-state index contributed by atoms with van der Waals surface area (Å²) in [5.74, 6) is 2.06. The number of hydrogen-bond acceptors (Lipinski definition) is 6. The Morgan fingerprint density at radius 3 is 2.29 bits per heavy atom. The van der Waals surface area contributed by atoms with Crippen LogP contribution in [-0.4, -0.2) is 43.3 Å². The highest BCUT2D eigenvalue weighted by molar-refractivity contribution is 6.28. The zero-order chi connectivity index (χ0) is 17.3. The lowest BCUT2D eigenvalue weighted by Gasteiger charge is -2.13. The number of pyridine rings is 1. The zero-order valence-electron chi connectivity index (χ0n) is 13.9. The molecule has 0 atom stereocenters. The topological polar surface area (TPSA) is 60.4 Å². The highest BCUT2D eigenvalue weighted by Crippen LogP contribution is 2.36. The molecule has 0 amide bonds. The van der Waals surface area contributed by atoms with E-state index in [1.165, 1.54) is 0 Å². The maximum Gasteiger partial charge on any atom is 0.223 e. The Labute approximate surface area is 145 Å². The number of hydrogen-bond donors (Lipinski definition) is 0. The van der Waals surface area contributed by atoms with Gasteiger partial charge in [0.05, 0.1) is 25.4 Å². The number of rotatable bonds is 4. The molecule has 6 nitrogen and oxygen atoms in total. The normalized spacial score (nSPS) is 10.7. The van der Waals surface area contributed by atoms with Gasteiger partial charge in [0.15, 0.2) is 11.5 Å². The molecule has 0 fully saturated rings. The van der Waals surface area contributed by atoms with Crippen LogP contribution >= 0.6 is 11.6 Å². The van der Waals surface area contributed by atoms with E-state index < -0.39 is 0 Å². The summed E-state index contributed by atoms with van der Waals surface area (Å²) in [5, 5.41) is 0.984. The fourth-order valence-electron chi connectivity index (χ4n) is 2.44. The van der Waals surface area contributed by atoms with Crippen molar-refractivity contribution in [3.63, 3.8) is 0 Å². The molecule has 0 saturated carbocycles. The number of methoxy groups -OCH3 is 2. The second kappa shape index (κ2) is 6.49. The number of fused-ring (bicyclic) bond motifs is 1. The number of nitrogens with zero attached hydrogens (tertiary/aromatic N) is 4. The maximum atomic E-state index is 6.10. The first-order valence-corrected chi connectivity index (χ1v) is 7.64. The summed E-state index contributed by atoms with van der Waals surface area (Å²) in [4.78, 5) is 15.0. The van der Waals surface area contributed by atoms with E-state index in [4.69, 9.17) is 21.1 Å². The third kappa shape index (κ3) is 2.92. The summed E-state index contributed by atoms with van der Waals surface area (Å²) < 4.78 is 10.7. The standard InChI is InChI=1S/C17H17ClN4O2/c1-22(2)15-6-5-10(9-19-15)16-11-7-13(23-3)14(24-4)8-12(11)20-17(18)21-16/h5-9H,1-4H3. The Balaban J connectivity index is 2.22. The SMILES string of the molecule is COc1cc2nc(Cl)nc(-c3ccc(N(C)C)nc3)c2cc1OC. The molecule has 0 aliphatic heterocycles. The minimum absolute atomic E-state index is 0.168. The van der Waals surface area contributed by atoms with Crippen LogP contribution in [0, 0.1) is 0 Å². The molecule has 3 rings (SSSR count). The minimum Gasteiger partial charge on any atom is -0.493 e. The summed E-state index contributed by atoms with van der Waals surface area (Å²) in [6.07, 6.45) is 1.77. The van der Waals surface area contributed by atoms with Crippen LogP contribution in [0.5, 0.6) is 11.5 Å².